The quantitative estimate of drug-likeness (QED) is 0.532. The van der Waals surface area contributed by atoms with Gasteiger partial charge in [0.2, 0.25) is 5.91 Å². The Bertz CT molecular complexity index is 878. The van der Waals surface area contributed by atoms with Gasteiger partial charge in [-0.15, -0.1) is 0 Å². The van der Waals surface area contributed by atoms with Gasteiger partial charge in [-0.2, -0.15) is 0 Å². The van der Waals surface area contributed by atoms with Crippen molar-refractivity contribution in [2.75, 3.05) is 33.9 Å². The molecule has 1 amide bonds. The Hall–Kier alpha value is -2.93. The number of ether oxygens (including phenoxy) is 2. The first-order valence-electron chi connectivity index (χ1n) is 10.7. The largest absolute Gasteiger partial charge is 0.504 e. The number of hydrogen-bond acceptors (Lipinski definition) is 6. The van der Waals surface area contributed by atoms with Crippen molar-refractivity contribution in [3.8, 4) is 23.0 Å². The zero-order valence-corrected chi connectivity index (χ0v) is 18.3. The number of carbonyl (C=O) groups is 1. The lowest BCUT2D eigenvalue weighted by Gasteiger charge is -2.32. The van der Waals surface area contributed by atoms with Gasteiger partial charge in [0.25, 0.3) is 0 Å². The molecule has 1 fully saturated rings. The minimum absolute atomic E-state index is 0.0244. The Kier molecular flexibility index (Phi) is 8.00. The fourth-order valence-electron chi connectivity index (χ4n) is 3.91. The third-order valence-corrected chi connectivity index (χ3v) is 5.80. The lowest BCUT2D eigenvalue weighted by molar-refractivity contribution is -0.122. The standard InChI is InChI=1S/C24H32N2O5/c1-30-22-7-4-18(16-23(22)31-2)9-12-26-13-10-19(11-14-26)25-24(29)8-5-17-3-6-20(27)21(28)15-17/h3-4,6-7,15-16,19,27-28H,5,8-14H2,1-2H3,(H,25,29). The van der Waals surface area contributed by atoms with Crippen LogP contribution in [-0.4, -0.2) is 60.9 Å². The molecule has 7 heteroatoms. The number of nitrogens with one attached hydrogen (secondary N) is 1. The summed E-state index contributed by atoms with van der Waals surface area (Å²) < 4.78 is 10.7. The number of aromatic hydroxyl groups is 2. The first-order chi connectivity index (χ1) is 15.0. The number of benzene rings is 2. The van der Waals surface area contributed by atoms with Gasteiger partial charge < -0.3 is 29.9 Å². The van der Waals surface area contributed by atoms with Crippen LogP contribution in [0.5, 0.6) is 23.0 Å². The number of nitrogens with zero attached hydrogens (tertiary/aromatic N) is 1. The Labute approximate surface area is 183 Å². The van der Waals surface area contributed by atoms with Crippen LogP contribution in [-0.2, 0) is 17.6 Å². The van der Waals surface area contributed by atoms with Gasteiger partial charge in [-0.05, 0) is 61.1 Å². The first-order valence-corrected chi connectivity index (χ1v) is 10.7. The van der Waals surface area contributed by atoms with Crippen molar-refractivity contribution in [2.45, 2.75) is 38.1 Å². The Morgan fingerprint density at radius 3 is 2.32 bits per heavy atom. The van der Waals surface area contributed by atoms with E-state index in [0.29, 0.717) is 12.8 Å². The maximum absolute atomic E-state index is 12.3. The van der Waals surface area contributed by atoms with Crippen LogP contribution >= 0.6 is 0 Å². The summed E-state index contributed by atoms with van der Waals surface area (Å²) in [6, 6.07) is 10.9. The summed E-state index contributed by atoms with van der Waals surface area (Å²) in [4.78, 5) is 14.7. The molecule has 0 spiro atoms. The van der Waals surface area contributed by atoms with E-state index in [2.05, 4.69) is 16.3 Å². The molecule has 168 valence electrons. The minimum atomic E-state index is -0.154. The molecule has 3 rings (SSSR count). The highest BCUT2D eigenvalue weighted by atomic mass is 16.5. The number of aryl methyl sites for hydroxylation is 1. The Morgan fingerprint density at radius 2 is 1.65 bits per heavy atom. The van der Waals surface area contributed by atoms with Crippen molar-refractivity contribution < 1.29 is 24.5 Å². The maximum Gasteiger partial charge on any atom is 0.220 e. The summed E-state index contributed by atoms with van der Waals surface area (Å²) in [7, 11) is 3.29. The Balaban J connectivity index is 1.37. The van der Waals surface area contributed by atoms with Gasteiger partial charge in [-0.1, -0.05) is 12.1 Å². The predicted octanol–water partition coefficient (Wildman–Crippen LogP) is 2.87. The van der Waals surface area contributed by atoms with E-state index in [9.17, 15) is 15.0 Å². The average molecular weight is 429 g/mol. The fourth-order valence-corrected chi connectivity index (χ4v) is 3.91. The third kappa shape index (κ3) is 6.52. The predicted molar refractivity (Wildman–Crippen MR) is 119 cm³/mol. The molecule has 0 atom stereocenters. The zero-order valence-electron chi connectivity index (χ0n) is 18.3. The van der Waals surface area contributed by atoms with Crippen LogP contribution in [0.4, 0.5) is 0 Å². The molecular formula is C24H32N2O5. The Morgan fingerprint density at radius 1 is 0.968 bits per heavy atom. The smallest absolute Gasteiger partial charge is 0.220 e. The molecule has 1 aliphatic rings. The van der Waals surface area contributed by atoms with E-state index in [0.717, 1.165) is 56.0 Å². The molecule has 0 aromatic heterocycles. The van der Waals surface area contributed by atoms with E-state index >= 15 is 0 Å². The van der Waals surface area contributed by atoms with Crippen LogP contribution in [0.2, 0.25) is 0 Å². The molecule has 7 nitrogen and oxygen atoms in total. The van der Waals surface area contributed by atoms with E-state index in [1.165, 1.54) is 17.7 Å². The van der Waals surface area contributed by atoms with Crippen LogP contribution < -0.4 is 14.8 Å². The van der Waals surface area contributed by atoms with Gasteiger partial charge in [-0.3, -0.25) is 4.79 Å². The van der Waals surface area contributed by atoms with Crippen LogP contribution in [0.25, 0.3) is 0 Å². The second-order valence-corrected chi connectivity index (χ2v) is 7.95. The number of rotatable bonds is 9. The van der Waals surface area contributed by atoms with Gasteiger partial charge in [0.15, 0.2) is 23.0 Å². The van der Waals surface area contributed by atoms with Gasteiger partial charge in [-0.25, -0.2) is 0 Å². The number of amides is 1. The molecule has 0 aliphatic carbocycles. The van der Waals surface area contributed by atoms with Gasteiger partial charge in [0.1, 0.15) is 0 Å². The molecule has 0 radical (unpaired) electrons. The molecule has 1 aliphatic heterocycles. The highest BCUT2D eigenvalue weighted by Gasteiger charge is 2.20. The molecule has 1 saturated heterocycles. The highest BCUT2D eigenvalue weighted by Crippen LogP contribution is 2.28. The van der Waals surface area contributed by atoms with Gasteiger partial charge >= 0.3 is 0 Å². The molecular weight excluding hydrogens is 396 g/mol. The molecule has 0 unspecified atom stereocenters. The second-order valence-electron chi connectivity index (χ2n) is 7.95. The third-order valence-electron chi connectivity index (χ3n) is 5.80. The molecule has 1 heterocycles. The maximum atomic E-state index is 12.3. The summed E-state index contributed by atoms with van der Waals surface area (Å²) in [5.41, 5.74) is 2.05. The fraction of sp³-hybridized carbons (Fsp3) is 0.458. The lowest BCUT2D eigenvalue weighted by atomic mass is 10.0. The van der Waals surface area contributed by atoms with Crippen molar-refractivity contribution in [3.63, 3.8) is 0 Å². The SMILES string of the molecule is COc1ccc(CCN2CCC(NC(=O)CCc3ccc(O)c(O)c3)CC2)cc1OC. The van der Waals surface area contributed by atoms with Crippen LogP contribution in [0.3, 0.4) is 0 Å². The number of carbonyl (C=O) groups excluding carboxylic acids is 1. The molecule has 2 aromatic carbocycles. The van der Waals surface area contributed by atoms with E-state index in [1.807, 2.05) is 12.1 Å². The summed E-state index contributed by atoms with van der Waals surface area (Å²) in [6.07, 6.45) is 3.72. The van der Waals surface area contributed by atoms with Gasteiger partial charge in [0.05, 0.1) is 14.2 Å². The number of phenols is 2. The monoisotopic (exact) mass is 428 g/mol. The van der Waals surface area contributed by atoms with Crippen molar-refractivity contribution in [1.82, 2.24) is 10.2 Å². The number of piperidine rings is 1. The minimum Gasteiger partial charge on any atom is -0.504 e. The normalized spacial score (nSPS) is 14.9. The van der Waals surface area contributed by atoms with E-state index in [4.69, 9.17) is 9.47 Å². The molecule has 0 saturated carbocycles. The average Bonchev–Trinajstić information content (AvgIpc) is 2.79. The van der Waals surface area contributed by atoms with E-state index in [-0.39, 0.29) is 23.4 Å². The first kappa shape index (κ1) is 22.7. The molecule has 3 N–H and O–H groups in total. The summed E-state index contributed by atoms with van der Waals surface area (Å²) in [5, 5.41) is 22.0. The summed E-state index contributed by atoms with van der Waals surface area (Å²) in [5.74, 6) is 1.22. The number of hydrogen-bond donors (Lipinski definition) is 3. The highest BCUT2D eigenvalue weighted by molar-refractivity contribution is 5.76. The van der Waals surface area contributed by atoms with E-state index in [1.54, 1.807) is 20.3 Å². The van der Waals surface area contributed by atoms with Crippen molar-refractivity contribution in [2.24, 2.45) is 0 Å². The van der Waals surface area contributed by atoms with Crippen LogP contribution in [0.15, 0.2) is 36.4 Å². The van der Waals surface area contributed by atoms with Crippen molar-refractivity contribution >= 4 is 5.91 Å². The summed E-state index contributed by atoms with van der Waals surface area (Å²) >= 11 is 0. The lowest BCUT2D eigenvalue weighted by Crippen LogP contribution is -2.45. The van der Waals surface area contributed by atoms with E-state index < -0.39 is 0 Å². The number of phenolic OH excluding ortho intramolecular Hbond substituents is 2. The zero-order chi connectivity index (χ0) is 22.2. The van der Waals surface area contributed by atoms with Crippen LogP contribution in [0, 0.1) is 0 Å². The molecule has 31 heavy (non-hydrogen) atoms. The molecule has 0 bridgehead atoms. The van der Waals surface area contributed by atoms with Crippen molar-refractivity contribution in [1.29, 1.82) is 0 Å². The second kappa shape index (κ2) is 10.9. The summed E-state index contributed by atoms with van der Waals surface area (Å²) in [6.45, 7) is 2.90. The number of likely N-dealkylation sites (tertiary alicyclic amines) is 1. The topological polar surface area (TPSA) is 91.3 Å². The van der Waals surface area contributed by atoms with Crippen molar-refractivity contribution in [3.05, 3.63) is 47.5 Å². The van der Waals surface area contributed by atoms with Crippen LogP contribution in [0.1, 0.15) is 30.4 Å². The number of methoxy groups -OCH3 is 2. The molecule has 2 aromatic rings. The van der Waals surface area contributed by atoms with Gasteiger partial charge in [0, 0.05) is 32.1 Å².